The Bertz CT molecular complexity index is 272. The molecule has 1 saturated heterocycles. The maximum absolute atomic E-state index is 6.01. The van der Waals surface area contributed by atoms with Gasteiger partial charge in [0.15, 0.2) is 0 Å². The van der Waals surface area contributed by atoms with E-state index in [1.165, 1.54) is 19.3 Å². The largest absolute Gasteiger partial charge is 0.374 e. The zero-order valence-electron chi connectivity index (χ0n) is 10.6. The van der Waals surface area contributed by atoms with E-state index in [9.17, 15) is 0 Å². The molecular formula is C14H24O. The summed E-state index contributed by atoms with van der Waals surface area (Å²) >= 11 is 0. The molecule has 2 atom stereocenters. The minimum atomic E-state index is 0.203. The van der Waals surface area contributed by atoms with Gasteiger partial charge in [-0.1, -0.05) is 39.3 Å². The molecule has 1 aliphatic carbocycles. The van der Waals surface area contributed by atoms with Crippen LogP contribution in [0.15, 0.2) is 11.6 Å². The molecule has 0 aromatic heterocycles. The predicted octanol–water partition coefficient (Wildman–Crippen LogP) is 3.94. The van der Waals surface area contributed by atoms with Crippen molar-refractivity contribution in [2.24, 2.45) is 11.3 Å². The van der Waals surface area contributed by atoms with Crippen LogP contribution in [-0.4, -0.2) is 12.2 Å². The minimum Gasteiger partial charge on any atom is -0.374 e. The smallest absolute Gasteiger partial charge is 0.0746 e. The average molecular weight is 208 g/mol. The van der Waals surface area contributed by atoms with Gasteiger partial charge in [0.1, 0.15) is 0 Å². The standard InChI is InChI=1S/C14H24O/c1-5-14-8-6-11(13(2,3)4)10-12(14)7-9-15-14/h6,12H,5,7-10H2,1-4H3. The van der Waals surface area contributed by atoms with E-state index in [1.54, 1.807) is 5.57 Å². The highest BCUT2D eigenvalue weighted by atomic mass is 16.5. The van der Waals surface area contributed by atoms with Crippen molar-refractivity contribution in [3.05, 3.63) is 11.6 Å². The fraction of sp³-hybridized carbons (Fsp3) is 0.857. The first kappa shape index (κ1) is 11.2. The summed E-state index contributed by atoms with van der Waals surface area (Å²) in [6.45, 7) is 10.2. The van der Waals surface area contributed by atoms with Crippen LogP contribution in [0.3, 0.4) is 0 Å². The van der Waals surface area contributed by atoms with Crippen LogP contribution < -0.4 is 0 Å². The zero-order chi connectivity index (χ0) is 11.1. The van der Waals surface area contributed by atoms with E-state index in [0.29, 0.717) is 5.41 Å². The summed E-state index contributed by atoms with van der Waals surface area (Å²) in [4.78, 5) is 0. The first-order valence-electron chi connectivity index (χ1n) is 6.31. The lowest BCUT2D eigenvalue weighted by Crippen LogP contribution is -2.38. The van der Waals surface area contributed by atoms with Crippen molar-refractivity contribution in [3.63, 3.8) is 0 Å². The van der Waals surface area contributed by atoms with Gasteiger partial charge in [-0.15, -0.1) is 0 Å². The topological polar surface area (TPSA) is 9.23 Å². The summed E-state index contributed by atoms with van der Waals surface area (Å²) in [6, 6.07) is 0. The molecule has 1 heteroatoms. The highest BCUT2D eigenvalue weighted by Gasteiger charge is 2.45. The van der Waals surface area contributed by atoms with Crippen LogP contribution in [-0.2, 0) is 4.74 Å². The number of allylic oxidation sites excluding steroid dienone is 1. The van der Waals surface area contributed by atoms with E-state index >= 15 is 0 Å². The molecule has 0 bridgehead atoms. The monoisotopic (exact) mass is 208 g/mol. The van der Waals surface area contributed by atoms with Gasteiger partial charge in [-0.25, -0.2) is 0 Å². The third-order valence-electron chi connectivity index (χ3n) is 4.32. The Hall–Kier alpha value is -0.300. The van der Waals surface area contributed by atoms with Gasteiger partial charge in [0, 0.05) is 6.61 Å². The first-order valence-corrected chi connectivity index (χ1v) is 6.31. The van der Waals surface area contributed by atoms with Gasteiger partial charge in [-0.05, 0) is 37.0 Å². The molecule has 15 heavy (non-hydrogen) atoms. The number of rotatable bonds is 1. The van der Waals surface area contributed by atoms with Crippen molar-refractivity contribution in [2.45, 2.75) is 59.0 Å². The number of fused-ring (bicyclic) bond motifs is 1. The second-order valence-corrected chi connectivity index (χ2v) is 6.14. The molecule has 0 radical (unpaired) electrons. The predicted molar refractivity (Wildman–Crippen MR) is 63.9 cm³/mol. The van der Waals surface area contributed by atoms with Crippen molar-refractivity contribution in [1.82, 2.24) is 0 Å². The van der Waals surface area contributed by atoms with Crippen molar-refractivity contribution >= 4 is 0 Å². The fourth-order valence-corrected chi connectivity index (χ4v) is 3.09. The van der Waals surface area contributed by atoms with Crippen LogP contribution in [0.4, 0.5) is 0 Å². The molecule has 0 amide bonds. The molecule has 0 spiro atoms. The van der Waals surface area contributed by atoms with Crippen LogP contribution in [0.5, 0.6) is 0 Å². The van der Waals surface area contributed by atoms with E-state index in [2.05, 4.69) is 33.8 Å². The van der Waals surface area contributed by atoms with Gasteiger partial charge in [0.25, 0.3) is 0 Å². The third kappa shape index (κ3) is 1.87. The summed E-state index contributed by atoms with van der Waals surface area (Å²) in [6.07, 6.45) is 7.29. The van der Waals surface area contributed by atoms with Crippen LogP contribution in [0.1, 0.15) is 53.4 Å². The molecule has 2 aliphatic rings. The summed E-state index contributed by atoms with van der Waals surface area (Å²) < 4.78 is 6.01. The van der Waals surface area contributed by atoms with E-state index in [0.717, 1.165) is 18.9 Å². The summed E-state index contributed by atoms with van der Waals surface area (Å²) in [5.74, 6) is 0.779. The molecule has 1 aliphatic heterocycles. The number of ether oxygens (including phenoxy) is 1. The van der Waals surface area contributed by atoms with Gasteiger partial charge in [0.05, 0.1) is 5.60 Å². The van der Waals surface area contributed by atoms with Gasteiger partial charge < -0.3 is 4.74 Å². The summed E-state index contributed by atoms with van der Waals surface area (Å²) in [7, 11) is 0. The summed E-state index contributed by atoms with van der Waals surface area (Å²) in [5, 5.41) is 0. The Kier molecular flexibility index (Phi) is 2.70. The number of hydrogen-bond donors (Lipinski definition) is 0. The summed E-state index contributed by atoms with van der Waals surface area (Å²) in [5.41, 5.74) is 2.19. The maximum atomic E-state index is 6.01. The molecule has 0 aromatic carbocycles. The molecule has 2 unspecified atom stereocenters. The third-order valence-corrected chi connectivity index (χ3v) is 4.32. The Morgan fingerprint density at radius 3 is 2.80 bits per heavy atom. The first-order chi connectivity index (χ1) is 6.98. The van der Waals surface area contributed by atoms with E-state index in [4.69, 9.17) is 4.74 Å². The van der Waals surface area contributed by atoms with Crippen molar-refractivity contribution in [1.29, 1.82) is 0 Å². The highest BCUT2D eigenvalue weighted by Crippen LogP contribution is 2.48. The average Bonchev–Trinajstić information content (AvgIpc) is 2.59. The fourth-order valence-electron chi connectivity index (χ4n) is 3.09. The number of hydrogen-bond acceptors (Lipinski definition) is 1. The maximum Gasteiger partial charge on any atom is 0.0746 e. The van der Waals surface area contributed by atoms with E-state index in [1.807, 2.05) is 0 Å². The molecule has 1 nitrogen and oxygen atoms in total. The lowest BCUT2D eigenvalue weighted by Gasteiger charge is -2.40. The Morgan fingerprint density at radius 2 is 2.20 bits per heavy atom. The van der Waals surface area contributed by atoms with Gasteiger partial charge >= 0.3 is 0 Å². The van der Waals surface area contributed by atoms with Gasteiger partial charge in [-0.3, -0.25) is 0 Å². The van der Waals surface area contributed by atoms with Crippen LogP contribution in [0, 0.1) is 11.3 Å². The second kappa shape index (κ2) is 3.62. The van der Waals surface area contributed by atoms with Crippen LogP contribution >= 0.6 is 0 Å². The lowest BCUT2D eigenvalue weighted by atomic mass is 9.69. The van der Waals surface area contributed by atoms with Crippen molar-refractivity contribution in [3.8, 4) is 0 Å². The van der Waals surface area contributed by atoms with Crippen molar-refractivity contribution in [2.75, 3.05) is 6.61 Å². The molecule has 2 rings (SSSR count). The quantitative estimate of drug-likeness (QED) is 0.593. The molecular weight excluding hydrogens is 184 g/mol. The Balaban J connectivity index is 2.20. The van der Waals surface area contributed by atoms with Crippen LogP contribution in [0.25, 0.3) is 0 Å². The Labute approximate surface area is 93.9 Å². The zero-order valence-corrected chi connectivity index (χ0v) is 10.6. The van der Waals surface area contributed by atoms with Gasteiger partial charge in [0.2, 0.25) is 0 Å². The molecule has 1 fully saturated rings. The van der Waals surface area contributed by atoms with Gasteiger partial charge in [-0.2, -0.15) is 0 Å². The SMILES string of the molecule is CCC12CC=C(C(C)(C)C)CC1CCO2. The highest BCUT2D eigenvalue weighted by molar-refractivity contribution is 5.19. The van der Waals surface area contributed by atoms with E-state index in [-0.39, 0.29) is 5.60 Å². The van der Waals surface area contributed by atoms with Crippen LogP contribution in [0.2, 0.25) is 0 Å². The molecule has 0 saturated carbocycles. The molecule has 0 aromatic rings. The molecule has 86 valence electrons. The van der Waals surface area contributed by atoms with Crippen molar-refractivity contribution < 1.29 is 4.74 Å². The van der Waals surface area contributed by atoms with E-state index < -0.39 is 0 Å². The second-order valence-electron chi connectivity index (χ2n) is 6.14. The normalized spacial score (nSPS) is 36.3. The lowest BCUT2D eigenvalue weighted by molar-refractivity contribution is -0.0276. The molecule has 1 heterocycles. The molecule has 0 N–H and O–H groups in total. The Morgan fingerprint density at radius 1 is 1.47 bits per heavy atom. The minimum absolute atomic E-state index is 0.203.